The molecular formula is C49H29N3S. The number of hydrogen-bond acceptors (Lipinski definition) is 3. The van der Waals surface area contributed by atoms with Crippen LogP contribution in [0.25, 0.3) is 70.4 Å². The van der Waals surface area contributed by atoms with Crippen molar-refractivity contribution in [2.45, 2.75) is 5.41 Å². The average Bonchev–Trinajstić information content (AvgIpc) is 3.87. The van der Waals surface area contributed by atoms with Crippen LogP contribution in [0.3, 0.4) is 0 Å². The number of thiophene rings is 1. The highest BCUT2D eigenvalue weighted by atomic mass is 32.1. The lowest BCUT2D eigenvalue weighted by molar-refractivity contribution is 0.768. The van der Waals surface area contributed by atoms with Crippen molar-refractivity contribution in [3.8, 4) is 39.4 Å². The van der Waals surface area contributed by atoms with Gasteiger partial charge in [-0.2, -0.15) is 5.26 Å². The molecule has 3 nitrogen and oxygen atoms in total. The third kappa shape index (κ3) is 4.29. The molecule has 0 spiro atoms. The minimum atomic E-state index is -0.568. The first-order valence-electron chi connectivity index (χ1n) is 17.8. The molecule has 246 valence electrons. The van der Waals surface area contributed by atoms with E-state index in [-0.39, 0.29) is 0 Å². The normalized spacial score (nSPS) is 13.0. The fourth-order valence-corrected chi connectivity index (χ4v) is 9.86. The molecule has 3 heterocycles. The summed E-state index contributed by atoms with van der Waals surface area (Å²) in [6, 6.07) is 65.4. The van der Waals surface area contributed by atoms with Gasteiger partial charge in [-0.1, -0.05) is 127 Å². The molecule has 0 aliphatic heterocycles. The van der Waals surface area contributed by atoms with Gasteiger partial charge in [0.05, 0.1) is 22.6 Å². The van der Waals surface area contributed by atoms with E-state index >= 15 is 0 Å². The van der Waals surface area contributed by atoms with Gasteiger partial charge in [0.25, 0.3) is 0 Å². The summed E-state index contributed by atoms with van der Waals surface area (Å²) in [6.45, 7) is 0. The zero-order valence-electron chi connectivity index (χ0n) is 28.5. The summed E-state index contributed by atoms with van der Waals surface area (Å²) >= 11 is 1.80. The van der Waals surface area contributed by atoms with E-state index in [1.165, 1.54) is 64.8 Å². The van der Waals surface area contributed by atoms with E-state index in [4.69, 9.17) is 4.98 Å². The number of imidazole rings is 1. The molecule has 0 amide bonds. The molecule has 1 aliphatic rings. The number of para-hydroxylation sites is 1. The summed E-state index contributed by atoms with van der Waals surface area (Å²) in [7, 11) is 0. The molecule has 1 aliphatic carbocycles. The van der Waals surface area contributed by atoms with Crippen LogP contribution >= 0.6 is 11.3 Å². The summed E-state index contributed by atoms with van der Waals surface area (Å²) in [5, 5.41) is 12.4. The second-order valence-electron chi connectivity index (χ2n) is 13.9. The van der Waals surface area contributed by atoms with E-state index in [1.807, 2.05) is 6.07 Å². The number of pyridine rings is 1. The van der Waals surface area contributed by atoms with Crippen molar-refractivity contribution in [3.05, 3.63) is 204 Å². The van der Waals surface area contributed by atoms with Crippen molar-refractivity contribution in [2.75, 3.05) is 0 Å². The third-order valence-electron chi connectivity index (χ3n) is 11.1. The van der Waals surface area contributed by atoms with Crippen molar-refractivity contribution in [1.82, 2.24) is 9.38 Å². The molecule has 0 unspecified atom stereocenters. The van der Waals surface area contributed by atoms with Gasteiger partial charge in [-0.3, -0.25) is 4.40 Å². The Bertz CT molecular complexity index is 3070. The Morgan fingerprint density at radius 3 is 1.87 bits per heavy atom. The third-order valence-corrected chi connectivity index (χ3v) is 12.3. The number of rotatable bonds is 4. The first-order valence-corrected chi connectivity index (χ1v) is 18.7. The van der Waals surface area contributed by atoms with Gasteiger partial charge >= 0.3 is 0 Å². The minimum absolute atomic E-state index is 0.568. The summed E-state index contributed by atoms with van der Waals surface area (Å²) in [6.07, 6.45) is 0. The molecule has 0 fully saturated rings. The first kappa shape index (κ1) is 29.9. The largest absolute Gasteiger partial charge is 0.284 e. The summed E-state index contributed by atoms with van der Waals surface area (Å²) in [5.41, 5.74) is 15.1. The lowest BCUT2D eigenvalue weighted by Crippen LogP contribution is -2.28. The Labute approximate surface area is 310 Å². The fraction of sp³-hybridized carbons (Fsp3) is 0.0204. The first-order chi connectivity index (χ1) is 26.2. The molecule has 4 heteroatoms. The van der Waals surface area contributed by atoms with Crippen LogP contribution in [0.5, 0.6) is 0 Å². The predicted molar refractivity (Wildman–Crippen MR) is 218 cm³/mol. The van der Waals surface area contributed by atoms with Crippen molar-refractivity contribution in [3.63, 3.8) is 0 Å². The highest BCUT2D eigenvalue weighted by Crippen LogP contribution is 2.57. The van der Waals surface area contributed by atoms with Crippen molar-refractivity contribution < 1.29 is 0 Å². The van der Waals surface area contributed by atoms with Gasteiger partial charge in [-0.25, -0.2) is 4.98 Å². The molecule has 10 aromatic rings. The smallest absolute Gasteiger partial charge is 0.139 e. The van der Waals surface area contributed by atoms with Gasteiger partial charge in [-0.05, 0) is 110 Å². The van der Waals surface area contributed by atoms with Crippen LogP contribution in [0.4, 0.5) is 0 Å². The second kappa shape index (κ2) is 11.4. The maximum atomic E-state index is 9.99. The molecule has 0 bridgehead atoms. The minimum Gasteiger partial charge on any atom is -0.284 e. The highest BCUT2D eigenvalue weighted by molar-refractivity contribution is 7.25. The Morgan fingerprint density at radius 2 is 1.15 bits per heavy atom. The maximum absolute atomic E-state index is 9.99. The number of benzene rings is 7. The molecule has 0 saturated heterocycles. The van der Waals surface area contributed by atoms with Crippen molar-refractivity contribution in [1.29, 1.82) is 5.26 Å². The molecule has 0 atom stereocenters. The number of fused-ring (bicyclic) bond motifs is 10. The van der Waals surface area contributed by atoms with Crippen LogP contribution in [0, 0.1) is 11.3 Å². The Hall–Kier alpha value is -6.80. The number of hydrogen-bond donors (Lipinski definition) is 0. The molecule has 7 aromatic carbocycles. The Balaban J connectivity index is 1.03. The van der Waals surface area contributed by atoms with E-state index in [0.717, 1.165) is 27.9 Å². The van der Waals surface area contributed by atoms with Crippen molar-refractivity contribution in [2.24, 2.45) is 0 Å². The average molecular weight is 692 g/mol. The topological polar surface area (TPSA) is 41.1 Å². The van der Waals surface area contributed by atoms with Gasteiger partial charge in [0.2, 0.25) is 0 Å². The highest BCUT2D eigenvalue weighted by Gasteiger charge is 2.46. The predicted octanol–water partition coefficient (Wildman–Crippen LogP) is 12.4. The molecule has 11 rings (SSSR count). The lowest BCUT2D eigenvalue weighted by Gasteiger charge is -2.34. The van der Waals surface area contributed by atoms with E-state index in [2.05, 4.69) is 180 Å². The van der Waals surface area contributed by atoms with Gasteiger partial charge in [0.15, 0.2) is 0 Å². The van der Waals surface area contributed by atoms with Gasteiger partial charge < -0.3 is 0 Å². The van der Waals surface area contributed by atoms with Crippen LogP contribution in [-0.4, -0.2) is 9.38 Å². The maximum Gasteiger partial charge on any atom is 0.139 e. The summed E-state index contributed by atoms with van der Waals surface area (Å²) < 4.78 is 3.54. The van der Waals surface area contributed by atoms with E-state index < -0.39 is 5.41 Å². The SMILES string of the molecule is N#Cc1ccc2c(c1)C(c1ccccc1)(c1ccccc1)c1cc(-c3ccc(-c4ccc5sc6c(nc7ccc8ccccc8n76)c5c4)cc3)ccc1-2. The van der Waals surface area contributed by atoms with E-state index in [0.29, 0.717) is 5.56 Å². The molecule has 0 saturated carbocycles. The standard InChI is InChI=1S/C49H29N3S/c50-30-31-15-23-39-40-24-20-36(29-43(40)49(42(39)27-31,37-10-3-1-4-11-37)38-12-5-2-6-13-38)33-18-16-32(17-19-33)35-21-25-45-41(28-35)47-48(53-45)52-44-14-8-7-9-34(44)22-26-46(52)51-47/h1-29H. The van der Waals surface area contributed by atoms with Crippen LogP contribution in [0.2, 0.25) is 0 Å². The fourth-order valence-electron chi connectivity index (χ4n) is 8.71. The molecule has 3 aromatic heterocycles. The molecular weight excluding hydrogens is 663 g/mol. The lowest BCUT2D eigenvalue weighted by atomic mass is 9.67. The van der Waals surface area contributed by atoms with Gasteiger partial charge in [0, 0.05) is 10.1 Å². The summed E-state index contributed by atoms with van der Waals surface area (Å²) in [4.78, 5) is 6.29. The number of aromatic nitrogens is 2. The van der Waals surface area contributed by atoms with E-state index in [1.54, 1.807) is 11.3 Å². The zero-order chi connectivity index (χ0) is 35.1. The van der Waals surface area contributed by atoms with Crippen molar-refractivity contribution >= 4 is 48.3 Å². The second-order valence-corrected chi connectivity index (χ2v) is 14.9. The molecule has 0 radical (unpaired) electrons. The van der Waals surface area contributed by atoms with E-state index in [9.17, 15) is 5.26 Å². The monoisotopic (exact) mass is 691 g/mol. The zero-order valence-corrected chi connectivity index (χ0v) is 29.3. The van der Waals surface area contributed by atoms with Crippen LogP contribution in [0.15, 0.2) is 176 Å². The van der Waals surface area contributed by atoms with Gasteiger partial charge in [-0.15, -0.1) is 11.3 Å². The quantitative estimate of drug-likeness (QED) is 0.184. The molecule has 53 heavy (non-hydrogen) atoms. The number of nitrogens with zero attached hydrogens (tertiary/aromatic N) is 3. The van der Waals surface area contributed by atoms with Gasteiger partial charge in [0.1, 0.15) is 16.0 Å². The van der Waals surface area contributed by atoms with Crippen LogP contribution < -0.4 is 0 Å². The Morgan fingerprint density at radius 1 is 0.547 bits per heavy atom. The Kier molecular flexibility index (Phi) is 6.40. The molecule has 0 N–H and O–H groups in total. The van der Waals surface area contributed by atoms with Crippen LogP contribution in [-0.2, 0) is 5.41 Å². The summed E-state index contributed by atoms with van der Waals surface area (Å²) in [5.74, 6) is 0. The number of nitriles is 1. The van der Waals surface area contributed by atoms with Crippen LogP contribution in [0.1, 0.15) is 27.8 Å².